The van der Waals surface area contributed by atoms with Gasteiger partial charge in [0.15, 0.2) is 11.5 Å². The predicted molar refractivity (Wildman–Crippen MR) is 106 cm³/mol. The minimum absolute atomic E-state index is 0.232. The molecule has 0 radical (unpaired) electrons. The second-order valence-electron chi connectivity index (χ2n) is 6.58. The summed E-state index contributed by atoms with van der Waals surface area (Å²) in [4.78, 5) is 37.9. The Bertz CT molecular complexity index is 900. The normalized spacial score (nSPS) is 15.8. The second-order valence-corrected chi connectivity index (χ2v) is 6.58. The molecule has 8 nitrogen and oxygen atoms in total. The molecule has 1 aliphatic rings. The molecule has 2 aromatic rings. The first kappa shape index (κ1) is 20.2. The zero-order valence-electron chi connectivity index (χ0n) is 16.3. The van der Waals surface area contributed by atoms with E-state index >= 15 is 0 Å². The quantitative estimate of drug-likeness (QED) is 0.658. The monoisotopic (exact) mass is 397 g/mol. The molecular weight excluding hydrogens is 374 g/mol. The van der Waals surface area contributed by atoms with Crippen molar-refractivity contribution in [3.63, 3.8) is 0 Å². The fourth-order valence-electron chi connectivity index (χ4n) is 3.11. The summed E-state index contributed by atoms with van der Waals surface area (Å²) in [6.45, 7) is -0.0977. The standard InChI is InChI=1S/C21H23N3O5/c1-28-17-9-8-15(11-18(17)29-2)12-22-19(25)13-24-20(26)16(23-21(24)27)10-14-6-4-3-5-7-14/h3-9,11,16H,10,12-13H2,1-2H3,(H,22,25)(H,23,27). The summed E-state index contributed by atoms with van der Waals surface area (Å²) in [5, 5.41) is 5.35. The van der Waals surface area contributed by atoms with Gasteiger partial charge in [0.05, 0.1) is 14.2 Å². The summed E-state index contributed by atoms with van der Waals surface area (Å²) in [6, 6.07) is 13.5. The zero-order chi connectivity index (χ0) is 20.8. The number of imide groups is 1. The van der Waals surface area contributed by atoms with Crippen molar-refractivity contribution >= 4 is 17.8 Å². The molecule has 8 heteroatoms. The molecule has 2 N–H and O–H groups in total. The third-order valence-corrected chi connectivity index (χ3v) is 4.63. The Labute approximate surface area is 168 Å². The smallest absolute Gasteiger partial charge is 0.325 e. The van der Waals surface area contributed by atoms with E-state index in [1.807, 2.05) is 30.3 Å². The largest absolute Gasteiger partial charge is 0.493 e. The number of methoxy groups -OCH3 is 2. The Kier molecular flexibility index (Phi) is 6.33. The number of ether oxygens (including phenoxy) is 2. The molecule has 1 unspecified atom stereocenters. The van der Waals surface area contributed by atoms with Gasteiger partial charge in [0, 0.05) is 13.0 Å². The number of hydrogen-bond acceptors (Lipinski definition) is 5. The van der Waals surface area contributed by atoms with Crippen molar-refractivity contribution in [3.05, 3.63) is 59.7 Å². The van der Waals surface area contributed by atoms with Gasteiger partial charge in [-0.25, -0.2) is 4.79 Å². The van der Waals surface area contributed by atoms with Crippen LogP contribution in [0.25, 0.3) is 0 Å². The fourth-order valence-corrected chi connectivity index (χ4v) is 3.11. The van der Waals surface area contributed by atoms with E-state index in [4.69, 9.17) is 9.47 Å². The van der Waals surface area contributed by atoms with Crippen molar-refractivity contribution in [2.75, 3.05) is 20.8 Å². The van der Waals surface area contributed by atoms with Crippen LogP contribution >= 0.6 is 0 Å². The van der Waals surface area contributed by atoms with Gasteiger partial charge in [-0.1, -0.05) is 36.4 Å². The van der Waals surface area contributed by atoms with Crippen LogP contribution in [0.3, 0.4) is 0 Å². The van der Waals surface area contributed by atoms with Gasteiger partial charge in [-0.15, -0.1) is 0 Å². The molecule has 1 fully saturated rings. The summed E-state index contributed by atoms with van der Waals surface area (Å²) < 4.78 is 10.4. The first-order chi connectivity index (χ1) is 14.0. The maximum atomic E-state index is 12.5. The average molecular weight is 397 g/mol. The van der Waals surface area contributed by atoms with Gasteiger partial charge in [-0.2, -0.15) is 0 Å². The maximum Gasteiger partial charge on any atom is 0.325 e. The SMILES string of the molecule is COc1ccc(CNC(=O)CN2C(=O)NC(Cc3ccccc3)C2=O)cc1OC. The highest BCUT2D eigenvalue weighted by Crippen LogP contribution is 2.27. The molecule has 0 bridgehead atoms. The van der Waals surface area contributed by atoms with Crippen molar-refractivity contribution in [2.45, 2.75) is 19.0 Å². The lowest BCUT2D eigenvalue weighted by atomic mass is 10.1. The lowest BCUT2D eigenvalue weighted by Crippen LogP contribution is -2.41. The number of amides is 4. The fraction of sp³-hybridized carbons (Fsp3) is 0.286. The van der Waals surface area contributed by atoms with Crippen LogP contribution in [0.5, 0.6) is 11.5 Å². The Morgan fingerprint density at radius 2 is 1.76 bits per heavy atom. The second kappa shape index (κ2) is 9.09. The number of carbonyl (C=O) groups is 3. The topological polar surface area (TPSA) is 97.0 Å². The van der Waals surface area contributed by atoms with E-state index in [1.165, 1.54) is 7.11 Å². The van der Waals surface area contributed by atoms with Crippen LogP contribution in [0.4, 0.5) is 4.79 Å². The molecule has 1 atom stereocenters. The molecule has 4 amide bonds. The molecule has 0 aliphatic carbocycles. The molecule has 0 spiro atoms. The first-order valence-corrected chi connectivity index (χ1v) is 9.15. The minimum Gasteiger partial charge on any atom is -0.493 e. The number of carbonyl (C=O) groups excluding carboxylic acids is 3. The highest BCUT2D eigenvalue weighted by Gasteiger charge is 2.38. The summed E-state index contributed by atoms with van der Waals surface area (Å²) in [7, 11) is 3.08. The number of nitrogens with zero attached hydrogens (tertiary/aromatic N) is 1. The van der Waals surface area contributed by atoms with Crippen LogP contribution < -0.4 is 20.1 Å². The average Bonchev–Trinajstić information content (AvgIpc) is 3.00. The zero-order valence-corrected chi connectivity index (χ0v) is 16.3. The Morgan fingerprint density at radius 3 is 2.45 bits per heavy atom. The predicted octanol–water partition coefficient (Wildman–Crippen LogP) is 1.48. The first-order valence-electron chi connectivity index (χ1n) is 9.15. The minimum atomic E-state index is -0.663. The molecule has 1 aliphatic heterocycles. The van der Waals surface area contributed by atoms with Crippen molar-refractivity contribution in [3.8, 4) is 11.5 Å². The van der Waals surface area contributed by atoms with Crippen molar-refractivity contribution in [2.24, 2.45) is 0 Å². The number of nitrogens with one attached hydrogen (secondary N) is 2. The summed E-state index contributed by atoms with van der Waals surface area (Å²) in [6.07, 6.45) is 0.384. The summed E-state index contributed by atoms with van der Waals surface area (Å²) in [5.74, 6) is 0.312. The Morgan fingerprint density at radius 1 is 1.03 bits per heavy atom. The molecule has 29 heavy (non-hydrogen) atoms. The van der Waals surface area contributed by atoms with E-state index < -0.39 is 23.9 Å². The molecule has 2 aromatic carbocycles. The van der Waals surface area contributed by atoms with Crippen LogP contribution in [0.1, 0.15) is 11.1 Å². The van der Waals surface area contributed by atoms with Gasteiger partial charge in [0.25, 0.3) is 5.91 Å². The maximum absolute atomic E-state index is 12.5. The van der Waals surface area contributed by atoms with Gasteiger partial charge < -0.3 is 20.1 Å². The van der Waals surface area contributed by atoms with Gasteiger partial charge in [-0.05, 0) is 23.3 Å². The van der Waals surface area contributed by atoms with Gasteiger partial charge in [0.1, 0.15) is 12.6 Å². The summed E-state index contributed by atoms with van der Waals surface area (Å²) in [5.41, 5.74) is 1.74. The third-order valence-electron chi connectivity index (χ3n) is 4.63. The van der Waals surface area contributed by atoms with Gasteiger partial charge in [0.2, 0.25) is 5.91 Å². The molecule has 152 valence electrons. The van der Waals surface area contributed by atoms with Crippen LogP contribution in [0.15, 0.2) is 48.5 Å². The van der Waals surface area contributed by atoms with Crippen molar-refractivity contribution in [1.82, 2.24) is 15.5 Å². The Balaban J connectivity index is 1.55. The molecule has 0 saturated carbocycles. The van der Waals surface area contributed by atoms with Gasteiger partial charge >= 0.3 is 6.03 Å². The van der Waals surface area contributed by atoms with Gasteiger partial charge in [-0.3, -0.25) is 14.5 Å². The van der Waals surface area contributed by atoms with Crippen LogP contribution in [-0.2, 0) is 22.6 Å². The number of benzene rings is 2. The summed E-state index contributed by atoms with van der Waals surface area (Å²) >= 11 is 0. The molecule has 0 aromatic heterocycles. The number of rotatable bonds is 8. The van der Waals surface area contributed by atoms with E-state index in [1.54, 1.807) is 25.3 Å². The molecule has 3 rings (SSSR count). The van der Waals surface area contributed by atoms with Crippen LogP contribution in [0.2, 0.25) is 0 Å². The van der Waals surface area contributed by atoms with E-state index in [0.29, 0.717) is 17.9 Å². The molecular formula is C21H23N3O5. The van der Waals surface area contributed by atoms with E-state index in [0.717, 1.165) is 16.0 Å². The highest BCUT2D eigenvalue weighted by atomic mass is 16.5. The van der Waals surface area contributed by atoms with E-state index in [2.05, 4.69) is 10.6 Å². The van der Waals surface area contributed by atoms with Crippen LogP contribution in [0, 0.1) is 0 Å². The lowest BCUT2D eigenvalue weighted by molar-refractivity contribution is -0.132. The highest BCUT2D eigenvalue weighted by molar-refractivity contribution is 6.06. The number of hydrogen-bond donors (Lipinski definition) is 2. The third kappa shape index (κ3) is 4.84. The molecule has 1 heterocycles. The lowest BCUT2D eigenvalue weighted by Gasteiger charge is -2.14. The van der Waals surface area contributed by atoms with Crippen molar-refractivity contribution < 1.29 is 23.9 Å². The molecule has 1 saturated heterocycles. The number of urea groups is 1. The van der Waals surface area contributed by atoms with E-state index in [9.17, 15) is 14.4 Å². The van der Waals surface area contributed by atoms with Crippen LogP contribution in [-0.4, -0.2) is 49.6 Å². The van der Waals surface area contributed by atoms with Crippen molar-refractivity contribution in [1.29, 1.82) is 0 Å². The van der Waals surface area contributed by atoms with E-state index in [-0.39, 0.29) is 13.1 Å². The Hall–Kier alpha value is -3.55.